The van der Waals surface area contributed by atoms with E-state index >= 15 is 0 Å². The first-order valence-electron chi connectivity index (χ1n) is 8.99. The van der Waals surface area contributed by atoms with Gasteiger partial charge in [-0.2, -0.15) is 0 Å². The maximum absolute atomic E-state index is 13.2. The number of amides is 2. The largest absolute Gasteiger partial charge is 0.389 e. The van der Waals surface area contributed by atoms with Gasteiger partial charge in [0.15, 0.2) is 0 Å². The van der Waals surface area contributed by atoms with Crippen LogP contribution in [0.1, 0.15) is 25.7 Å². The average Bonchev–Trinajstić information content (AvgIpc) is 2.95. The molecule has 0 spiro atoms. The number of hydrogen-bond donors (Lipinski definition) is 3. The first-order chi connectivity index (χ1) is 11.9. The van der Waals surface area contributed by atoms with E-state index in [4.69, 9.17) is 9.47 Å². The Kier molecular flexibility index (Phi) is 6.08. The smallest absolute Gasteiger partial charge is 0.317 e. The molecular formula is C16H27F2N3O4. The molecular weight excluding hydrogens is 336 g/mol. The number of carbonyl (C=O) groups excluding carboxylic acids is 1. The van der Waals surface area contributed by atoms with E-state index in [0.717, 1.165) is 0 Å². The third-order valence-corrected chi connectivity index (χ3v) is 5.20. The molecule has 3 atom stereocenters. The van der Waals surface area contributed by atoms with Gasteiger partial charge in [-0.05, 0) is 12.8 Å². The van der Waals surface area contributed by atoms with E-state index in [0.29, 0.717) is 45.8 Å². The fraction of sp³-hybridized carbons (Fsp3) is 0.938. The molecule has 7 nitrogen and oxygen atoms in total. The summed E-state index contributed by atoms with van der Waals surface area (Å²) in [5, 5.41) is 16.4. The molecule has 0 aromatic rings. The minimum Gasteiger partial charge on any atom is -0.389 e. The molecule has 0 bridgehead atoms. The zero-order valence-corrected chi connectivity index (χ0v) is 14.3. The van der Waals surface area contributed by atoms with Gasteiger partial charge in [-0.15, -0.1) is 0 Å². The maximum Gasteiger partial charge on any atom is 0.317 e. The van der Waals surface area contributed by atoms with Crippen molar-refractivity contribution >= 4 is 6.03 Å². The van der Waals surface area contributed by atoms with Crippen molar-refractivity contribution in [2.24, 2.45) is 0 Å². The lowest BCUT2D eigenvalue weighted by atomic mass is 9.91. The van der Waals surface area contributed by atoms with E-state index in [1.54, 1.807) is 4.90 Å². The molecule has 2 heterocycles. The van der Waals surface area contributed by atoms with Crippen molar-refractivity contribution in [3.05, 3.63) is 0 Å². The number of nitrogens with one attached hydrogen (secondary N) is 2. The lowest BCUT2D eigenvalue weighted by Gasteiger charge is -2.31. The Morgan fingerprint density at radius 3 is 2.60 bits per heavy atom. The highest BCUT2D eigenvalue weighted by Crippen LogP contribution is 2.33. The molecule has 2 aliphatic heterocycles. The van der Waals surface area contributed by atoms with E-state index in [2.05, 4.69) is 10.6 Å². The fourth-order valence-electron chi connectivity index (χ4n) is 3.59. The number of carbonyl (C=O) groups is 1. The van der Waals surface area contributed by atoms with E-state index in [1.165, 1.54) is 0 Å². The number of ether oxygens (including phenoxy) is 2. The van der Waals surface area contributed by atoms with Crippen LogP contribution in [0, 0.1) is 0 Å². The number of aliphatic hydroxyl groups is 1. The van der Waals surface area contributed by atoms with E-state index in [1.807, 2.05) is 0 Å². The predicted molar refractivity (Wildman–Crippen MR) is 85.7 cm³/mol. The van der Waals surface area contributed by atoms with Crippen molar-refractivity contribution in [1.29, 1.82) is 0 Å². The molecule has 9 heteroatoms. The van der Waals surface area contributed by atoms with Gasteiger partial charge in [0.25, 0.3) is 0 Å². The molecule has 3 fully saturated rings. The average molecular weight is 363 g/mol. The number of rotatable bonds is 4. The molecule has 144 valence electrons. The van der Waals surface area contributed by atoms with Crippen LogP contribution in [0.4, 0.5) is 13.6 Å². The summed E-state index contributed by atoms with van der Waals surface area (Å²) in [6.07, 6.45) is -0.704. The van der Waals surface area contributed by atoms with Gasteiger partial charge in [0.2, 0.25) is 5.92 Å². The highest BCUT2D eigenvalue weighted by Gasteiger charge is 2.40. The van der Waals surface area contributed by atoms with Crippen molar-refractivity contribution in [3.63, 3.8) is 0 Å². The summed E-state index contributed by atoms with van der Waals surface area (Å²) in [5.41, 5.74) is 0. The second-order valence-electron chi connectivity index (χ2n) is 7.05. The highest BCUT2D eigenvalue weighted by atomic mass is 19.3. The fourth-order valence-corrected chi connectivity index (χ4v) is 3.59. The van der Waals surface area contributed by atoms with Crippen molar-refractivity contribution in [3.8, 4) is 0 Å². The lowest BCUT2D eigenvalue weighted by Crippen LogP contribution is -2.51. The van der Waals surface area contributed by atoms with Crippen LogP contribution < -0.4 is 10.6 Å². The van der Waals surface area contributed by atoms with Crippen molar-refractivity contribution in [2.75, 3.05) is 39.5 Å². The summed E-state index contributed by atoms with van der Waals surface area (Å²) in [4.78, 5) is 13.7. The Balaban J connectivity index is 1.39. The quantitative estimate of drug-likeness (QED) is 0.670. The van der Waals surface area contributed by atoms with Gasteiger partial charge in [-0.3, -0.25) is 0 Å². The van der Waals surface area contributed by atoms with E-state index in [9.17, 15) is 18.7 Å². The summed E-state index contributed by atoms with van der Waals surface area (Å²) >= 11 is 0. The van der Waals surface area contributed by atoms with Crippen LogP contribution in [0.5, 0.6) is 0 Å². The SMILES string of the molecule is O=C(NC[C@H]1OC[C@@H](NC2CCC(F)(F)CC2)[C@@H]1O)N1CCOCC1. The van der Waals surface area contributed by atoms with Gasteiger partial charge in [0, 0.05) is 38.5 Å². The van der Waals surface area contributed by atoms with Gasteiger partial charge in [0.05, 0.1) is 32.0 Å². The van der Waals surface area contributed by atoms with Gasteiger partial charge >= 0.3 is 6.03 Å². The van der Waals surface area contributed by atoms with Gasteiger partial charge < -0.3 is 30.1 Å². The van der Waals surface area contributed by atoms with Crippen LogP contribution in [-0.4, -0.2) is 85.7 Å². The monoisotopic (exact) mass is 363 g/mol. The molecule has 0 radical (unpaired) electrons. The Hall–Kier alpha value is -1.03. The summed E-state index contributed by atoms with van der Waals surface area (Å²) in [5.74, 6) is -2.56. The molecule has 3 N–H and O–H groups in total. The summed E-state index contributed by atoms with van der Waals surface area (Å²) in [6, 6.07) is -0.503. The van der Waals surface area contributed by atoms with Crippen molar-refractivity contribution in [2.45, 2.75) is 55.9 Å². The summed E-state index contributed by atoms with van der Waals surface area (Å²) in [7, 11) is 0. The number of morpholine rings is 1. The maximum atomic E-state index is 13.2. The summed E-state index contributed by atoms with van der Waals surface area (Å²) < 4.78 is 37.2. The number of nitrogens with zero attached hydrogens (tertiary/aromatic N) is 1. The van der Waals surface area contributed by atoms with Crippen LogP contribution >= 0.6 is 0 Å². The van der Waals surface area contributed by atoms with Gasteiger partial charge in [0.1, 0.15) is 6.10 Å². The number of urea groups is 1. The first-order valence-corrected chi connectivity index (χ1v) is 8.99. The molecule has 1 saturated carbocycles. The van der Waals surface area contributed by atoms with Crippen LogP contribution in [0.2, 0.25) is 0 Å². The third-order valence-electron chi connectivity index (χ3n) is 5.20. The minimum atomic E-state index is -2.56. The van der Waals surface area contributed by atoms with Crippen LogP contribution in [0.25, 0.3) is 0 Å². The Bertz CT molecular complexity index is 453. The Morgan fingerprint density at radius 1 is 1.24 bits per heavy atom. The lowest BCUT2D eigenvalue weighted by molar-refractivity contribution is -0.0421. The molecule has 0 aromatic heterocycles. The highest BCUT2D eigenvalue weighted by molar-refractivity contribution is 5.74. The van der Waals surface area contributed by atoms with E-state index < -0.39 is 18.1 Å². The number of hydrogen-bond acceptors (Lipinski definition) is 5. The topological polar surface area (TPSA) is 83.1 Å². The third kappa shape index (κ3) is 4.99. The summed E-state index contributed by atoms with van der Waals surface area (Å²) in [6.45, 7) is 2.70. The molecule has 1 aliphatic carbocycles. The zero-order valence-electron chi connectivity index (χ0n) is 14.3. The van der Waals surface area contributed by atoms with Gasteiger partial charge in [-0.25, -0.2) is 13.6 Å². The number of halogens is 2. The standard InChI is InChI=1S/C16H27F2N3O4/c17-16(18)3-1-11(2-4-16)20-12-10-25-13(14(12)22)9-19-15(23)21-5-7-24-8-6-21/h11-14,20,22H,1-10H2,(H,19,23)/t12-,13-,14+/m1/s1. The second kappa shape index (κ2) is 8.11. The van der Waals surface area contributed by atoms with Crippen molar-refractivity contribution in [1.82, 2.24) is 15.5 Å². The van der Waals surface area contributed by atoms with Gasteiger partial charge in [-0.1, -0.05) is 0 Å². The van der Waals surface area contributed by atoms with Crippen LogP contribution in [0.15, 0.2) is 0 Å². The Morgan fingerprint density at radius 2 is 1.92 bits per heavy atom. The van der Waals surface area contributed by atoms with Crippen LogP contribution in [-0.2, 0) is 9.47 Å². The van der Waals surface area contributed by atoms with E-state index in [-0.39, 0.29) is 37.5 Å². The Labute approximate surface area is 146 Å². The number of alkyl halides is 2. The predicted octanol–water partition coefficient (Wildman–Crippen LogP) is 0.324. The number of aliphatic hydroxyl groups excluding tert-OH is 1. The molecule has 25 heavy (non-hydrogen) atoms. The second-order valence-corrected chi connectivity index (χ2v) is 7.05. The molecule has 3 rings (SSSR count). The van der Waals surface area contributed by atoms with Crippen LogP contribution in [0.3, 0.4) is 0 Å². The molecule has 0 unspecified atom stereocenters. The molecule has 2 amide bonds. The normalized spacial score (nSPS) is 33.4. The van der Waals surface area contributed by atoms with Crippen molar-refractivity contribution < 1.29 is 28.2 Å². The zero-order chi connectivity index (χ0) is 17.9. The first kappa shape index (κ1) is 18.8. The molecule has 3 aliphatic rings. The molecule has 2 saturated heterocycles. The molecule has 0 aromatic carbocycles. The minimum absolute atomic E-state index is 0.0235.